The average Bonchev–Trinajstić information content (AvgIpc) is 3.60. The van der Waals surface area contributed by atoms with Crippen molar-refractivity contribution in [2.75, 3.05) is 0 Å². The van der Waals surface area contributed by atoms with Crippen LogP contribution >= 0.6 is 0 Å². The first-order valence-electron chi connectivity index (χ1n) is 14.7. The molecule has 9 rings (SSSR count). The van der Waals surface area contributed by atoms with Crippen LogP contribution in [0.3, 0.4) is 0 Å². The van der Waals surface area contributed by atoms with Crippen molar-refractivity contribution in [3.63, 3.8) is 0 Å². The molecule has 0 bridgehead atoms. The third-order valence-corrected chi connectivity index (χ3v) is 10.2. The second kappa shape index (κ2) is 7.98. The van der Waals surface area contributed by atoms with Gasteiger partial charge in [-0.1, -0.05) is 36.4 Å². The molecule has 206 valence electrons. The van der Waals surface area contributed by atoms with Crippen LogP contribution in [-0.4, -0.2) is 0 Å². The minimum atomic E-state index is 0.542. The zero-order valence-corrected chi connectivity index (χ0v) is 24.7. The Morgan fingerprint density at radius 3 is 1.21 bits per heavy atom. The number of hydrogen-bond donors (Lipinski definition) is 0. The predicted octanol–water partition coefficient (Wildman–Crippen LogP) is 10.5. The molecule has 5 aromatic carbocycles. The summed E-state index contributed by atoms with van der Waals surface area (Å²) in [5.41, 5.74) is 17.9. The molecule has 4 nitrogen and oxygen atoms in total. The van der Waals surface area contributed by atoms with Crippen LogP contribution in [-0.2, 0) is 13.2 Å². The molecule has 2 aromatic heterocycles. The predicted molar refractivity (Wildman–Crippen MR) is 169 cm³/mol. The van der Waals surface area contributed by atoms with Gasteiger partial charge in [0.25, 0.3) is 0 Å². The largest absolute Gasteiger partial charge is 0.488 e. The van der Waals surface area contributed by atoms with E-state index in [1.54, 1.807) is 0 Å². The Bertz CT molecular complexity index is 2200. The Hall–Kier alpha value is -4.70. The molecule has 0 unspecified atom stereocenters. The molecule has 4 heterocycles. The lowest BCUT2D eigenvalue weighted by Crippen LogP contribution is -2.09. The second-order valence-electron chi connectivity index (χ2n) is 12.0. The summed E-state index contributed by atoms with van der Waals surface area (Å²) in [6.45, 7) is 14.1. The first kappa shape index (κ1) is 24.0. The summed E-state index contributed by atoms with van der Waals surface area (Å²) in [5, 5.41) is 4.57. The number of aryl methyl sites for hydroxylation is 4. The van der Waals surface area contributed by atoms with Gasteiger partial charge in [0.1, 0.15) is 47.0 Å². The molecule has 0 saturated carbocycles. The van der Waals surface area contributed by atoms with E-state index >= 15 is 0 Å². The van der Waals surface area contributed by atoms with E-state index in [4.69, 9.17) is 18.3 Å². The molecule has 0 radical (unpaired) electrons. The molecule has 4 heteroatoms. The Morgan fingerprint density at radius 2 is 0.786 bits per heavy atom. The lowest BCUT2D eigenvalue weighted by atomic mass is 9.84. The molecule has 7 aromatic rings. The smallest absolute Gasteiger partial charge is 0.139 e. The highest BCUT2D eigenvalue weighted by Crippen LogP contribution is 2.54. The Kier molecular flexibility index (Phi) is 4.55. The van der Waals surface area contributed by atoms with Crippen molar-refractivity contribution >= 4 is 43.9 Å². The number of fused-ring (bicyclic) bond motifs is 15. The van der Waals surface area contributed by atoms with E-state index in [1.165, 1.54) is 33.4 Å². The summed E-state index contributed by atoms with van der Waals surface area (Å²) in [6, 6.07) is 16.8. The Morgan fingerprint density at radius 1 is 0.429 bits per heavy atom. The number of hydrogen-bond acceptors (Lipinski definition) is 4. The van der Waals surface area contributed by atoms with Crippen molar-refractivity contribution < 1.29 is 18.3 Å². The van der Waals surface area contributed by atoms with Crippen LogP contribution in [0.25, 0.3) is 66.1 Å². The monoisotopic (exact) mass is 550 g/mol. The topological polar surface area (TPSA) is 44.7 Å². The standard InChI is InChI=1S/C38H30O4/c1-17-19(3)35-31(29-23-11-7-9-13-27(23)39-15-25(17)29)33-34-32-30-24-12-8-10-14-28(24)40-16-26(30)18(2)20(4)36(32)42-38(34)22(6)21(5)37(33)41-35/h7-14H,15-16H2,1-6H3. The van der Waals surface area contributed by atoms with Crippen LogP contribution in [0.1, 0.15) is 44.5 Å². The normalized spacial score (nSPS) is 13.7. The van der Waals surface area contributed by atoms with Gasteiger partial charge in [0.2, 0.25) is 0 Å². The summed E-state index contributed by atoms with van der Waals surface area (Å²) < 4.78 is 26.5. The zero-order chi connectivity index (χ0) is 28.6. The fourth-order valence-corrected chi connectivity index (χ4v) is 7.54. The van der Waals surface area contributed by atoms with Gasteiger partial charge in [-0.05, 0) is 87.1 Å². The van der Waals surface area contributed by atoms with Gasteiger partial charge >= 0.3 is 0 Å². The zero-order valence-electron chi connectivity index (χ0n) is 24.7. The third-order valence-electron chi connectivity index (χ3n) is 10.2. The summed E-state index contributed by atoms with van der Waals surface area (Å²) in [6.07, 6.45) is 0. The number of ether oxygens (including phenoxy) is 2. The molecule has 0 aliphatic carbocycles. The van der Waals surface area contributed by atoms with E-state index < -0.39 is 0 Å². The number of furan rings is 2. The van der Waals surface area contributed by atoms with Crippen molar-refractivity contribution in [2.24, 2.45) is 0 Å². The van der Waals surface area contributed by atoms with Crippen molar-refractivity contribution in [1.82, 2.24) is 0 Å². The minimum Gasteiger partial charge on any atom is -0.488 e. The molecule has 2 aliphatic rings. The van der Waals surface area contributed by atoms with E-state index in [0.717, 1.165) is 88.8 Å². The van der Waals surface area contributed by atoms with Gasteiger partial charge in [-0.2, -0.15) is 0 Å². The first-order valence-corrected chi connectivity index (χ1v) is 14.7. The maximum Gasteiger partial charge on any atom is 0.139 e. The van der Waals surface area contributed by atoms with Gasteiger partial charge in [0.15, 0.2) is 0 Å². The van der Waals surface area contributed by atoms with Gasteiger partial charge in [0.05, 0.1) is 0 Å². The highest BCUT2D eigenvalue weighted by molar-refractivity contribution is 6.32. The lowest BCUT2D eigenvalue weighted by Gasteiger charge is -2.25. The summed E-state index contributed by atoms with van der Waals surface area (Å²) in [7, 11) is 0. The number of rotatable bonds is 0. The Labute approximate surface area is 243 Å². The minimum absolute atomic E-state index is 0.542. The molecule has 0 N–H and O–H groups in total. The first-order chi connectivity index (χ1) is 20.4. The van der Waals surface area contributed by atoms with E-state index in [9.17, 15) is 0 Å². The molecule has 0 amide bonds. The van der Waals surface area contributed by atoms with Gasteiger partial charge in [-0.3, -0.25) is 0 Å². The van der Waals surface area contributed by atoms with Gasteiger partial charge in [-0.25, -0.2) is 0 Å². The fraction of sp³-hybridized carbons (Fsp3) is 0.211. The third kappa shape index (κ3) is 2.73. The molecular formula is C38H30O4. The molecular weight excluding hydrogens is 520 g/mol. The molecule has 0 fully saturated rings. The quantitative estimate of drug-likeness (QED) is 0.188. The highest BCUT2D eigenvalue weighted by atomic mass is 16.5. The summed E-state index contributed by atoms with van der Waals surface area (Å²) in [4.78, 5) is 0. The van der Waals surface area contributed by atoms with E-state index in [-0.39, 0.29) is 0 Å². The van der Waals surface area contributed by atoms with Gasteiger partial charge in [0, 0.05) is 54.9 Å². The van der Waals surface area contributed by atoms with Crippen LogP contribution in [0.4, 0.5) is 0 Å². The SMILES string of the molecule is Cc1c2c(c3c(oc4c(C)c(C)c5oc6c(C)c(C)c7c(c6c5c43)-c3ccccc3OC7)c1C)-c1ccccc1OC2. The molecule has 2 aliphatic heterocycles. The molecule has 42 heavy (non-hydrogen) atoms. The molecule has 0 saturated heterocycles. The van der Waals surface area contributed by atoms with Crippen molar-refractivity contribution in [2.45, 2.75) is 54.8 Å². The van der Waals surface area contributed by atoms with Crippen molar-refractivity contribution in [3.05, 3.63) is 93.0 Å². The number of para-hydroxylation sites is 2. The molecule has 0 spiro atoms. The van der Waals surface area contributed by atoms with Gasteiger partial charge in [-0.15, -0.1) is 0 Å². The number of benzene rings is 5. The van der Waals surface area contributed by atoms with Crippen LogP contribution < -0.4 is 9.47 Å². The van der Waals surface area contributed by atoms with Crippen LogP contribution in [0.15, 0.2) is 57.4 Å². The van der Waals surface area contributed by atoms with Crippen molar-refractivity contribution in [1.29, 1.82) is 0 Å². The maximum absolute atomic E-state index is 6.94. The average molecular weight is 551 g/mol. The fourth-order valence-electron chi connectivity index (χ4n) is 7.54. The van der Waals surface area contributed by atoms with E-state index in [0.29, 0.717) is 13.2 Å². The van der Waals surface area contributed by atoms with Gasteiger partial charge < -0.3 is 18.3 Å². The maximum atomic E-state index is 6.94. The second-order valence-corrected chi connectivity index (χ2v) is 12.0. The lowest BCUT2D eigenvalue weighted by molar-refractivity contribution is 0.301. The van der Waals surface area contributed by atoms with Crippen molar-refractivity contribution in [3.8, 4) is 33.8 Å². The summed E-state index contributed by atoms with van der Waals surface area (Å²) in [5.74, 6) is 1.83. The summed E-state index contributed by atoms with van der Waals surface area (Å²) >= 11 is 0. The van der Waals surface area contributed by atoms with E-state index in [1.807, 2.05) is 12.1 Å². The van der Waals surface area contributed by atoms with Crippen LogP contribution in [0.2, 0.25) is 0 Å². The molecule has 0 atom stereocenters. The van der Waals surface area contributed by atoms with Crippen LogP contribution in [0, 0.1) is 41.5 Å². The van der Waals surface area contributed by atoms with Crippen LogP contribution in [0.5, 0.6) is 11.5 Å². The highest BCUT2D eigenvalue weighted by Gasteiger charge is 2.32. The van der Waals surface area contributed by atoms with E-state index in [2.05, 4.69) is 77.9 Å². The Balaban J connectivity index is 1.61.